The van der Waals surface area contributed by atoms with E-state index >= 15 is 0 Å². The molecule has 1 amide bonds. The van der Waals surface area contributed by atoms with E-state index in [-0.39, 0.29) is 12.5 Å². The lowest BCUT2D eigenvalue weighted by atomic mass is 10.5. The first-order valence-electron chi connectivity index (χ1n) is 3.73. The van der Waals surface area contributed by atoms with Crippen LogP contribution >= 0.6 is 0 Å². The fourth-order valence-corrected chi connectivity index (χ4v) is 0.784. The van der Waals surface area contributed by atoms with Gasteiger partial charge >= 0.3 is 0 Å². The Morgan fingerprint density at radius 2 is 2.42 bits per heavy atom. The molecule has 12 heavy (non-hydrogen) atoms. The second-order valence-electron chi connectivity index (χ2n) is 2.34. The maximum absolute atomic E-state index is 11.0. The molecule has 1 heterocycles. The summed E-state index contributed by atoms with van der Waals surface area (Å²) in [7, 11) is 0. The maximum Gasteiger partial charge on any atom is 0.241 e. The lowest BCUT2D eigenvalue weighted by molar-refractivity contribution is -0.121. The van der Waals surface area contributed by atoms with Crippen molar-refractivity contribution in [1.82, 2.24) is 25.5 Å². The summed E-state index contributed by atoms with van der Waals surface area (Å²) >= 11 is 0. The molecule has 0 saturated heterocycles. The molecular formula is C6H11N5O. The minimum Gasteiger partial charge on any atom is -0.355 e. The normalized spacial score (nSPS) is 9.83. The van der Waals surface area contributed by atoms with Crippen LogP contribution in [0.25, 0.3) is 0 Å². The molecule has 6 heteroatoms. The molecule has 1 aromatic rings. The Morgan fingerprint density at radius 1 is 1.67 bits per heavy atom. The second-order valence-corrected chi connectivity index (χ2v) is 2.34. The van der Waals surface area contributed by atoms with E-state index in [1.165, 1.54) is 4.68 Å². The van der Waals surface area contributed by atoms with Crippen molar-refractivity contribution in [1.29, 1.82) is 0 Å². The topological polar surface area (TPSA) is 72.7 Å². The number of carbonyl (C=O) groups excluding carboxylic acids is 1. The average Bonchev–Trinajstić information content (AvgIpc) is 2.37. The van der Waals surface area contributed by atoms with E-state index in [0.717, 1.165) is 0 Å². The van der Waals surface area contributed by atoms with E-state index in [2.05, 4.69) is 20.8 Å². The fourth-order valence-electron chi connectivity index (χ4n) is 0.784. The smallest absolute Gasteiger partial charge is 0.241 e. The van der Waals surface area contributed by atoms with Gasteiger partial charge in [-0.2, -0.15) is 0 Å². The van der Waals surface area contributed by atoms with E-state index in [1.807, 2.05) is 6.92 Å². The highest BCUT2D eigenvalue weighted by atomic mass is 16.2. The van der Waals surface area contributed by atoms with Crippen LogP contribution in [0.5, 0.6) is 0 Å². The predicted molar refractivity (Wildman–Crippen MR) is 41.2 cm³/mol. The van der Waals surface area contributed by atoms with Gasteiger partial charge in [0.2, 0.25) is 5.91 Å². The predicted octanol–water partition coefficient (Wildman–Crippen LogP) is -0.882. The van der Waals surface area contributed by atoms with Crippen LogP contribution in [0.1, 0.15) is 12.7 Å². The molecular weight excluding hydrogens is 158 g/mol. The number of rotatable bonds is 3. The summed E-state index contributed by atoms with van der Waals surface area (Å²) < 4.78 is 1.45. The maximum atomic E-state index is 11.0. The number of tetrazole rings is 1. The number of hydrogen-bond donors (Lipinski definition) is 1. The van der Waals surface area contributed by atoms with Gasteiger partial charge in [0.05, 0.1) is 0 Å². The SMILES string of the molecule is CCNC(=O)Cn1nnnc1C. The zero-order valence-corrected chi connectivity index (χ0v) is 7.11. The van der Waals surface area contributed by atoms with Gasteiger partial charge < -0.3 is 5.32 Å². The molecule has 0 atom stereocenters. The summed E-state index contributed by atoms with van der Waals surface area (Å²) in [5.41, 5.74) is 0. The Labute approximate surface area is 70.0 Å². The molecule has 1 aromatic heterocycles. The molecule has 0 radical (unpaired) electrons. The Bertz CT molecular complexity index is 269. The van der Waals surface area contributed by atoms with Crippen LogP contribution in [0.3, 0.4) is 0 Å². The van der Waals surface area contributed by atoms with Gasteiger partial charge in [-0.15, -0.1) is 5.10 Å². The minimum atomic E-state index is -0.0760. The van der Waals surface area contributed by atoms with E-state index in [1.54, 1.807) is 6.92 Å². The van der Waals surface area contributed by atoms with Gasteiger partial charge in [-0.25, -0.2) is 4.68 Å². The molecule has 0 saturated carbocycles. The Morgan fingerprint density at radius 3 is 2.92 bits per heavy atom. The Kier molecular flexibility index (Phi) is 2.73. The number of hydrogen-bond acceptors (Lipinski definition) is 4. The number of nitrogens with zero attached hydrogens (tertiary/aromatic N) is 4. The summed E-state index contributed by atoms with van der Waals surface area (Å²) in [6, 6.07) is 0. The lowest BCUT2D eigenvalue weighted by Gasteiger charge is -2.01. The standard InChI is InChI=1S/C6H11N5O/c1-3-7-6(12)4-11-5(2)8-9-10-11/h3-4H2,1-2H3,(H,7,12). The van der Waals surface area contributed by atoms with Crippen LogP contribution in [0.15, 0.2) is 0 Å². The van der Waals surface area contributed by atoms with Crippen molar-refractivity contribution >= 4 is 5.91 Å². The highest BCUT2D eigenvalue weighted by Gasteiger charge is 2.04. The van der Waals surface area contributed by atoms with Crippen LogP contribution in [0.2, 0.25) is 0 Å². The van der Waals surface area contributed by atoms with E-state index in [0.29, 0.717) is 12.4 Å². The summed E-state index contributed by atoms with van der Waals surface area (Å²) in [6.07, 6.45) is 0. The van der Waals surface area contributed by atoms with E-state index in [9.17, 15) is 4.79 Å². The van der Waals surface area contributed by atoms with Gasteiger partial charge in [-0.3, -0.25) is 4.79 Å². The summed E-state index contributed by atoms with van der Waals surface area (Å²) in [5.74, 6) is 0.564. The van der Waals surface area contributed by atoms with Gasteiger partial charge in [0, 0.05) is 6.54 Å². The first-order chi connectivity index (χ1) is 5.74. The third kappa shape index (κ3) is 2.01. The average molecular weight is 169 g/mol. The Hall–Kier alpha value is -1.46. The zero-order valence-electron chi connectivity index (χ0n) is 7.11. The van der Waals surface area contributed by atoms with Crippen molar-refractivity contribution in [2.24, 2.45) is 0 Å². The molecule has 0 bridgehead atoms. The molecule has 0 fully saturated rings. The van der Waals surface area contributed by atoms with E-state index < -0.39 is 0 Å². The zero-order chi connectivity index (χ0) is 8.97. The van der Waals surface area contributed by atoms with Gasteiger partial charge in [0.1, 0.15) is 12.4 Å². The highest BCUT2D eigenvalue weighted by Crippen LogP contribution is 1.86. The van der Waals surface area contributed by atoms with Gasteiger partial charge in [0.25, 0.3) is 0 Å². The third-order valence-corrected chi connectivity index (χ3v) is 1.38. The molecule has 66 valence electrons. The lowest BCUT2D eigenvalue weighted by Crippen LogP contribution is -2.28. The van der Waals surface area contributed by atoms with Crippen LogP contribution in [0.4, 0.5) is 0 Å². The number of amides is 1. The number of aryl methyl sites for hydroxylation is 1. The number of nitrogens with one attached hydrogen (secondary N) is 1. The summed E-state index contributed by atoms with van der Waals surface area (Å²) in [4.78, 5) is 11.0. The van der Waals surface area contributed by atoms with E-state index in [4.69, 9.17) is 0 Å². The van der Waals surface area contributed by atoms with Crippen molar-refractivity contribution in [2.75, 3.05) is 6.54 Å². The Balaban J connectivity index is 2.52. The van der Waals surface area contributed by atoms with Crippen LogP contribution < -0.4 is 5.32 Å². The minimum absolute atomic E-state index is 0.0760. The molecule has 1 rings (SSSR count). The third-order valence-electron chi connectivity index (χ3n) is 1.38. The van der Waals surface area contributed by atoms with Gasteiger partial charge in [-0.05, 0) is 24.3 Å². The molecule has 0 aliphatic carbocycles. The van der Waals surface area contributed by atoms with Crippen molar-refractivity contribution in [2.45, 2.75) is 20.4 Å². The fraction of sp³-hybridized carbons (Fsp3) is 0.667. The molecule has 0 aliphatic heterocycles. The number of aromatic nitrogens is 4. The van der Waals surface area contributed by atoms with Crippen LogP contribution in [-0.2, 0) is 11.3 Å². The van der Waals surface area contributed by atoms with Crippen molar-refractivity contribution in [3.63, 3.8) is 0 Å². The van der Waals surface area contributed by atoms with Gasteiger partial charge in [0.15, 0.2) is 0 Å². The molecule has 6 nitrogen and oxygen atoms in total. The monoisotopic (exact) mass is 169 g/mol. The van der Waals surface area contributed by atoms with Crippen molar-refractivity contribution < 1.29 is 4.79 Å². The number of likely N-dealkylation sites (N-methyl/N-ethyl adjacent to an activating group) is 1. The number of carbonyl (C=O) groups is 1. The first kappa shape index (κ1) is 8.63. The molecule has 0 aromatic carbocycles. The first-order valence-corrected chi connectivity index (χ1v) is 3.73. The molecule has 1 N–H and O–H groups in total. The molecule has 0 spiro atoms. The van der Waals surface area contributed by atoms with Crippen molar-refractivity contribution in [3.8, 4) is 0 Å². The molecule has 0 aliphatic rings. The largest absolute Gasteiger partial charge is 0.355 e. The van der Waals surface area contributed by atoms with Gasteiger partial charge in [-0.1, -0.05) is 0 Å². The van der Waals surface area contributed by atoms with Crippen LogP contribution in [-0.4, -0.2) is 32.7 Å². The highest BCUT2D eigenvalue weighted by molar-refractivity contribution is 5.75. The quantitative estimate of drug-likeness (QED) is 0.637. The second kappa shape index (κ2) is 3.80. The molecule has 0 unspecified atom stereocenters. The summed E-state index contributed by atoms with van der Waals surface area (Å²) in [5, 5.41) is 13.4. The van der Waals surface area contributed by atoms with Crippen LogP contribution in [0, 0.1) is 6.92 Å². The van der Waals surface area contributed by atoms with Crippen molar-refractivity contribution in [3.05, 3.63) is 5.82 Å². The summed E-state index contributed by atoms with van der Waals surface area (Å²) in [6.45, 7) is 4.43.